The van der Waals surface area contributed by atoms with E-state index in [1.54, 1.807) is 0 Å². The minimum Gasteiger partial charge on any atom is -0.358 e. The fourth-order valence-corrected chi connectivity index (χ4v) is 0.785. The average Bonchev–Trinajstić information content (AvgIpc) is 2.53. The molecule has 8 nitrogen and oxygen atoms in total. The quantitative estimate of drug-likeness (QED) is 0.299. The van der Waals surface area contributed by atoms with Gasteiger partial charge in [-0.3, -0.25) is 10.1 Å². The molecule has 0 aromatic carbocycles. The predicted octanol–water partition coefficient (Wildman–Crippen LogP) is -0.611. The van der Waals surface area contributed by atoms with Crippen molar-refractivity contribution in [2.24, 2.45) is 0 Å². The number of hydrogen-bond donors (Lipinski definition) is 1. The Morgan fingerprint density at radius 1 is 1.86 bits per heavy atom. The maximum absolute atomic E-state index is 10.8. The second-order valence-electron chi connectivity index (χ2n) is 2.29. The minimum absolute atomic E-state index is 0.221. The van der Waals surface area contributed by atoms with Crippen LogP contribution >= 0.6 is 0 Å². The van der Waals surface area contributed by atoms with E-state index in [0.29, 0.717) is 0 Å². The number of nitrogens with one attached hydrogen (secondary N) is 1. The Bertz CT molecular complexity index is 404. The van der Waals surface area contributed by atoms with E-state index < -0.39 is 10.8 Å². The van der Waals surface area contributed by atoms with Gasteiger partial charge in [0.15, 0.2) is 6.19 Å². The van der Waals surface area contributed by atoms with Crippen LogP contribution < -0.4 is 5.32 Å². The highest BCUT2D eigenvalue weighted by atomic mass is 16.6. The van der Waals surface area contributed by atoms with Gasteiger partial charge in [0.25, 0.3) is 5.91 Å². The molecule has 1 aromatic heterocycles. The normalized spacial score (nSPS) is 9.07. The van der Waals surface area contributed by atoms with Gasteiger partial charge in [0, 0.05) is 0 Å². The fourth-order valence-electron chi connectivity index (χ4n) is 0.785. The zero-order valence-corrected chi connectivity index (χ0v) is 6.88. The lowest BCUT2D eigenvalue weighted by molar-refractivity contribution is -0.389. The topological polar surface area (TPSA) is 114 Å². The Hall–Kier alpha value is -2.43. The van der Waals surface area contributed by atoms with Crippen LogP contribution in [0.25, 0.3) is 0 Å². The second kappa shape index (κ2) is 3.99. The summed E-state index contributed by atoms with van der Waals surface area (Å²) in [5.74, 6) is -0.916. The third kappa shape index (κ3) is 2.28. The summed E-state index contributed by atoms with van der Waals surface area (Å²) in [5, 5.41) is 23.6. The van der Waals surface area contributed by atoms with Gasteiger partial charge in [-0.15, -0.1) is 0 Å². The zero-order chi connectivity index (χ0) is 10.6. The Morgan fingerprint density at radius 2 is 2.57 bits per heavy atom. The Labute approximate surface area is 77.9 Å². The van der Waals surface area contributed by atoms with Crippen molar-refractivity contribution in [3.05, 3.63) is 22.4 Å². The van der Waals surface area contributed by atoms with E-state index in [1.807, 2.05) is 5.32 Å². The molecule has 8 heteroatoms. The van der Waals surface area contributed by atoms with Crippen molar-refractivity contribution in [1.82, 2.24) is 15.1 Å². The molecular weight excluding hydrogens is 190 g/mol. The molecule has 1 aromatic rings. The van der Waals surface area contributed by atoms with E-state index in [1.165, 1.54) is 18.5 Å². The van der Waals surface area contributed by atoms with Gasteiger partial charge in [-0.2, -0.15) is 9.94 Å². The third-order valence-corrected chi connectivity index (χ3v) is 1.31. The van der Waals surface area contributed by atoms with E-state index in [4.69, 9.17) is 5.26 Å². The van der Waals surface area contributed by atoms with Crippen LogP contribution in [-0.2, 0) is 11.3 Å². The molecule has 0 saturated heterocycles. The highest BCUT2D eigenvalue weighted by molar-refractivity contribution is 5.77. The summed E-state index contributed by atoms with van der Waals surface area (Å²) in [4.78, 5) is 20.4. The molecule has 0 saturated carbocycles. The molecule has 0 aliphatic carbocycles. The van der Waals surface area contributed by atoms with Gasteiger partial charge in [-0.05, 0) is 4.92 Å². The number of nitro groups is 1. The van der Waals surface area contributed by atoms with E-state index in [-0.39, 0.29) is 12.4 Å². The number of nitrogens with zero attached hydrogens (tertiary/aromatic N) is 4. The molecular formula is C6H5N5O3. The predicted molar refractivity (Wildman–Crippen MR) is 42.6 cm³/mol. The molecule has 0 spiro atoms. The smallest absolute Gasteiger partial charge is 0.358 e. The molecule has 1 N–H and O–H groups in total. The van der Waals surface area contributed by atoms with Gasteiger partial charge in [0.2, 0.25) is 0 Å². The zero-order valence-electron chi connectivity index (χ0n) is 6.88. The number of nitriles is 1. The lowest BCUT2D eigenvalue weighted by atomic mass is 10.6. The second-order valence-corrected chi connectivity index (χ2v) is 2.29. The molecule has 1 rings (SSSR count). The SMILES string of the molecule is N#CNC(=O)Cn1ccc([N+](=O)[O-])n1. The number of amides is 1. The van der Waals surface area contributed by atoms with Crippen molar-refractivity contribution in [2.45, 2.75) is 6.54 Å². The summed E-state index contributed by atoms with van der Waals surface area (Å²) in [7, 11) is 0. The van der Waals surface area contributed by atoms with Gasteiger partial charge in [0.1, 0.15) is 6.54 Å². The molecule has 72 valence electrons. The van der Waals surface area contributed by atoms with Crippen LogP contribution in [0.15, 0.2) is 12.3 Å². The maximum Gasteiger partial charge on any atom is 0.389 e. The average molecular weight is 195 g/mol. The molecule has 0 aliphatic heterocycles. The monoisotopic (exact) mass is 195 g/mol. The summed E-state index contributed by atoms with van der Waals surface area (Å²) < 4.78 is 1.07. The lowest BCUT2D eigenvalue weighted by Gasteiger charge is -1.92. The largest absolute Gasteiger partial charge is 0.389 e. The standard InChI is InChI=1S/C6H5N5O3/c7-4-8-6(12)3-10-2-1-5(9-10)11(13)14/h1-2H,3H2,(H,8,12). The summed E-state index contributed by atoms with van der Waals surface area (Å²) in [6.45, 7) is -0.221. The van der Waals surface area contributed by atoms with Crippen molar-refractivity contribution in [2.75, 3.05) is 0 Å². The van der Waals surface area contributed by atoms with Gasteiger partial charge >= 0.3 is 5.82 Å². The summed E-state index contributed by atoms with van der Waals surface area (Å²) >= 11 is 0. The lowest BCUT2D eigenvalue weighted by Crippen LogP contribution is -2.23. The molecule has 1 heterocycles. The van der Waals surface area contributed by atoms with Crippen molar-refractivity contribution in [3.63, 3.8) is 0 Å². The maximum atomic E-state index is 10.8. The van der Waals surface area contributed by atoms with Crippen molar-refractivity contribution in [1.29, 1.82) is 5.26 Å². The Morgan fingerprint density at radius 3 is 3.07 bits per heavy atom. The van der Waals surface area contributed by atoms with Crippen LogP contribution in [0.2, 0.25) is 0 Å². The molecule has 0 fully saturated rings. The van der Waals surface area contributed by atoms with Crippen molar-refractivity contribution in [3.8, 4) is 6.19 Å². The van der Waals surface area contributed by atoms with E-state index in [0.717, 1.165) is 4.68 Å². The fraction of sp³-hybridized carbons (Fsp3) is 0.167. The number of aromatic nitrogens is 2. The minimum atomic E-state index is -0.668. The van der Waals surface area contributed by atoms with Crippen LogP contribution in [0.3, 0.4) is 0 Å². The molecule has 0 aliphatic rings. The first-order chi connectivity index (χ1) is 6.63. The van der Waals surface area contributed by atoms with Crippen LogP contribution in [-0.4, -0.2) is 20.6 Å². The van der Waals surface area contributed by atoms with Gasteiger partial charge < -0.3 is 10.1 Å². The van der Waals surface area contributed by atoms with Gasteiger partial charge in [-0.1, -0.05) is 0 Å². The summed E-state index contributed by atoms with van der Waals surface area (Å²) in [5.41, 5.74) is 0. The molecule has 0 atom stereocenters. The van der Waals surface area contributed by atoms with Gasteiger partial charge in [-0.25, -0.2) is 0 Å². The van der Waals surface area contributed by atoms with Crippen LogP contribution in [0.1, 0.15) is 0 Å². The molecule has 1 amide bonds. The first-order valence-corrected chi connectivity index (χ1v) is 3.49. The number of rotatable bonds is 3. The van der Waals surface area contributed by atoms with Crippen molar-refractivity contribution >= 4 is 11.7 Å². The number of hydrogen-bond acceptors (Lipinski definition) is 5. The molecule has 14 heavy (non-hydrogen) atoms. The first kappa shape index (κ1) is 9.66. The first-order valence-electron chi connectivity index (χ1n) is 3.49. The number of carbonyl (C=O) groups excluding carboxylic acids is 1. The molecule has 0 unspecified atom stereocenters. The Balaban J connectivity index is 2.65. The molecule has 0 bridgehead atoms. The summed E-state index contributed by atoms with van der Waals surface area (Å²) in [6, 6.07) is 1.17. The number of carbonyl (C=O) groups is 1. The van der Waals surface area contributed by atoms with Crippen LogP contribution in [0.4, 0.5) is 5.82 Å². The molecule has 0 radical (unpaired) electrons. The van der Waals surface area contributed by atoms with Crippen molar-refractivity contribution < 1.29 is 9.72 Å². The highest BCUT2D eigenvalue weighted by Gasteiger charge is 2.12. The van der Waals surface area contributed by atoms with Crippen LogP contribution in [0.5, 0.6) is 0 Å². The van der Waals surface area contributed by atoms with E-state index in [9.17, 15) is 14.9 Å². The third-order valence-electron chi connectivity index (χ3n) is 1.31. The highest BCUT2D eigenvalue weighted by Crippen LogP contribution is 2.04. The van der Waals surface area contributed by atoms with E-state index in [2.05, 4.69) is 5.10 Å². The van der Waals surface area contributed by atoms with Crippen LogP contribution in [0, 0.1) is 21.6 Å². The summed E-state index contributed by atoms with van der Waals surface area (Å²) in [6.07, 6.45) is 2.73. The van der Waals surface area contributed by atoms with E-state index >= 15 is 0 Å². The van der Waals surface area contributed by atoms with Gasteiger partial charge in [0.05, 0.1) is 17.4 Å². The Kier molecular flexibility index (Phi) is 2.75.